The van der Waals surface area contributed by atoms with Gasteiger partial charge in [-0.3, -0.25) is 14.6 Å². The van der Waals surface area contributed by atoms with Crippen molar-refractivity contribution in [3.8, 4) is 23.0 Å². The molecule has 0 aromatic heterocycles. The monoisotopic (exact) mass is 476 g/mol. The van der Waals surface area contributed by atoms with Gasteiger partial charge in [-0.25, -0.2) is 4.57 Å². The van der Waals surface area contributed by atoms with E-state index >= 15 is 0 Å². The second-order valence-electron chi connectivity index (χ2n) is 6.24. The summed E-state index contributed by atoms with van der Waals surface area (Å²) < 4.78 is 32.1. The Hall–Kier alpha value is -1.45. The number of rotatable bonds is 9. The van der Waals surface area contributed by atoms with Crippen LogP contribution in [0.1, 0.15) is 29.3 Å². The van der Waals surface area contributed by atoms with Crippen LogP contribution < -0.4 is 18.7 Å². The minimum atomic E-state index is -4.76. The molecule has 31 heavy (non-hydrogen) atoms. The Morgan fingerprint density at radius 1 is 1.23 bits per heavy atom. The van der Waals surface area contributed by atoms with Gasteiger partial charge in [-0.2, -0.15) is 0 Å². The van der Waals surface area contributed by atoms with Gasteiger partial charge in [0.05, 0.1) is 24.2 Å². The van der Waals surface area contributed by atoms with Gasteiger partial charge in [-0.15, -0.1) is 0 Å². The molecule has 8 nitrogen and oxygen atoms in total. The zero-order chi connectivity index (χ0) is 21.7. The number of carbonyl (C=O) groups excluding carboxylic acids is 1. The summed E-state index contributed by atoms with van der Waals surface area (Å²) >= 11 is 1.53. The molecule has 2 N–H and O–H groups in total. The van der Waals surface area contributed by atoms with Gasteiger partial charge in [0.15, 0.2) is 17.3 Å². The van der Waals surface area contributed by atoms with Crippen LogP contribution >= 0.6 is 19.6 Å². The molecular weight excluding hydrogens is 454 g/mol. The number of phosphoric ester groups is 1. The Kier molecular flexibility index (Phi) is 9.51. The number of hydrogen-bond donors (Lipinski definition) is 2. The quantitative estimate of drug-likeness (QED) is 0.242. The van der Waals surface area contributed by atoms with Gasteiger partial charge in [0.25, 0.3) is 0 Å². The Labute approximate surface area is 206 Å². The maximum atomic E-state index is 12.8. The fourth-order valence-corrected chi connectivity index (χ4v) is 3.87. The van der Waals surface area contributed by atoms with Crippen molar-refractivity contribution in [2.45, 2.75) is 18.2 Å². The minimum absolute atomic E-state index is 0. The van der Waals surface area contributed by atoms with Crippen LogP contribution in [-0.4, -0.2) is 64.8 Å². The molecule has 162 valence electrons. The predicted octanol–water partition coefficient (Wildman–Crippen LogP) is 3.65. The van der Waals surface area contributed by atoms with E-state index in [1.165, 1.54) is 43.2 Å². The molecule has 3 rings (SSSR count). The molecule has 1 aliphatic rings. The van der Waals surface area contributed by atoms with Crippen LogP contribution in [0.5, 0.6) is 23.0 Å². The number of phosphoric acid groups is 1. The van der Waals surface area contributed by atoms with Crippen molar-refractivity contribution in [1.29, 1.82) is 0 Å². The third-order valence-electron chi connectivity index (χ3n) is 4.03. The number of ether oxygens (including phenoxy) is 3. The van der Waals surface area contributed by atoms with Crippen LogP contribution in [0.2, 0.25) is 0 Å². The van der Waals surface area contributed by atoms with E-state index < -0.39 is 7.82 Å². The molecule has 0 spiro atoms. The SMILES string of the molecule is CCCOc1cc2c(cc1C(=O)/C=C/c1ccc(OC)c(OP(=O)(O)O)c1)OCS2.[NaH]. The number of carbonyl (C=O) groups is 1. The van der Waals surface area contributed by atoms with Crippen LogP contribution in [0.25, 0.3) is 6.08 Å². The van der Waals surface area contributed by atoms with Crippen LogP contribution in [0.4, 0.5) is 0 Å². The fraction of sp³-hybridized carbons (Fsp3) is 0.250. The number of thioether (sulfide) groups is 1. The first kappa shape index (κ1) is 25.8. The molecule has 0 radical (unpaired) electrons. The van der Waals surface area contributed by atoms with Crippen molar-refractivity contribution >= 4 is 61.0 Å². The summed E-state index contributed by atoms with van der Waals surface area (Å²) in [5.74, 6) is 1.36. The first-order valence-electron chi connectivity index (χ1n) is 9.02. The summed E-state index contributed by atoms with van der Waals surface area (Å²) in [7, 11) is -3.41. The molecule has 0 amide bonds. The molecule has 1 heterocycles. The molecule has 0 unspecified atom stereocenters. The predicted molar refractivity (Wildman–Crippen MR) is 120 cm³/mol. The van der Waals surface area contributed by atoms with Gasteiger partial charge >= 0.3 is 37.4 Å². The Balaban J connectivity index is 0.00000341. The molecule has 0 atom stereocenters. The van der Waals surface area contributed by atoms with Gasteiger partial charge < -0.3 is 18.7 Å². The summed E-state index contributed by atoms with van der Waals surface area (Å²) in [5, 5.41) is 0. The number of methoxy groups -OCH3 is 1. The van der Waals surface area contributed by atoms with Crippen molar-refractivity contribution < 1.29 is 37.9 Å². The van der Waals surface area contributed by atoms with Crippen molar-refractivity contribution in [1.82, 2.24) is 0 Å². The van der Waals surface area contributed by atoms with Crippen LogP contribution in [0.15, 0.2) is 41.3 Å². The summed E-state index contributed by atoms with van der Waals surface area (Å²) in [6, 6.07) is 7.97. The molecule has 1 aliphatic heterocycles. The first-order valence-corrected chi connectivity index (χ1v) is 11.5. The average Bonchev–Trinajstić information content (AvgIpc) is 3.16. The molecule has 0 saturated carbocycles. The third-order valence-corrected chi connectivity index (χ3v) is 5.33. The van der Waals surface area contributed by atoms with E-state index in [0.29, 0.717) is 35.2 Å². The van der Waals surface area contributed by atoms with Gasteiger partial charge in [-0.05, 0) is 42.3 Å². The molecule has 0 fully saturated rings. The summed E-state index contributed by atoms with van der Waals surface area (Å²) in [4.78, 5) is 31.9. The Morgan fingerprint density at radius 3 is 2.68 bits per heavy atom. The molecular formula is C20H22NaO8PS. The number of benzene rings is 2. The normalized spacial score (nSPS) is 12.6. The molecule has 0 bridgehead atoms. The molecule has 0 aliphatic carbocycles. The summed E-state index contributed by atoms with van der Waals surface area (Å²) in [5.41, 5.74) is 0.873. The van der Waals surface area contributed by atoms with Gasteiger partial charge in [0, 0.05) is 0 Å². The zero-order valence-corrected chi connectivity index (χ0v) is 18.1. The molecule has 0 saturated heterocycles. The summed E-state index contributed by atoms with van der Waals surface area (Å²) in [6.07, 6.45) is 3.67. The summed E-state index contributed by atoms with van der Waals surface area (Å²) in [6.45, 7) is 2.46. The first-order chi connectivity index (χ1) is 14.3. The van der Waals surface area contributed by atoms with E-state index in [1.54, 1.807) is 12.1 Å². The maximum absolute atomic E-state index is 12.8. The average molecular weight is 476 g/mol. The van der Waals surface area contributed by atoms with Crippen LogP contribution in [0.3, 0.4) is 0 Å². The number of fused-ring (bicyclic) bond motifs is 1. The molecule has 2 aromatic carbocycles. The molecule has 2 aromatic rings. The number of ketones is 1. The van der Waals surface area contributed by atoms with Crippen LogP contribution in [0, 0.1) is 0 Å². The van der Waals surface area contributed by atoms with E-state index in [-0.39, 0.29) is 46.8 Å². The standard InChI is InChI=1S/C20H21O8PS.Na.H/c1-3-8-26-17-11-20-19(27-12-30-20)10-14(17)15(21)6-4-13-5-7-16(25-2)18(9-13)28-29(22,23)24;;/h4-7,9-11H,3,8,12H2,1-2H3,(H2,22,23,24);;/b6-4+;;. The third kappa shape index (κ3) is 7.02. The van der Waals surface area contributed by atoms with E-state index in [1.807, 2.05) is 13.0 Å². The van der Waals surface area contributed by atoms with Crippen molar-refractivity contribution in [3.63, 3.8) is 0 Å². The second kappa shape index (κ2) is 11.4. The number of hydrogen-bond acceptors (Lipinski definition) is 7. The van der Waals surface area contributed by atoms with Gasteiger partial charge in [-0.1, -0.05) is 30.8 Å². The van der Waals surface area contributed by atoms with Gasteiger partial charge in [0.2, 0.25) is 0 Å². The number of allylic oxidation sites excluding steroid dienone is 1. The van der Waals surface area contributed by atoms with E-state index in [4.69, 9.17) is 24.0 Å². The van der Waals surface area contributed by atoms with E-state index in [9.17, 15) is 9.36 Å². The van der Waals surface area contributed by atoms with E-state index in [0.717, 1.165) is 11.3 Å². The topological polar surface area (TPSA) is 112 Å². The van der Waals surface area contributed by atoms with Crippen molar-refractivity contribution in [2.24, 2.45) is 0 Å². The van der Waals surface area contributed by atoms with Crippen molar-refractivity contribution in [3.05, 3.63) is 47.5 Å². The molecule has 11 heteroatoms. The van der Waals surface area contributed by atoms with Crippen molar-refractivity contribution in [2.75, 3.05) is 19.7 Å². The Bertz CT molecular complexity index is 1020. The van der Waals surface area contributed by atoms with E-state index in [2.05, 4.69) is 4.52 Å². The zero-order valence-electron chi connectivity index (χ0n) is 16.4. The van der Waals surface area contributed by atoms with Gasteiger partial charge in [0.1, 0.15) is 17.4 Å². The van der Waals surface area contributed by atoms with Crippen LogP contribution in [-0.2, 0) is 4.57 Å². The Morgan fingerprint density at radius 2 is 2.00 bits per heavy atom. The fourth-order valence-electron chi connectivity index (χ4n) is 2.71. The second-order valence-corrected chi connectivity index (χ2v) is 8.37.